The minimum Gasteiger partial charge on any atom is -0.378 e. The molecule has 20 heavy (non-hydrogen) atoms. The third-order valence-electron chi connectivity index (χ3n) is 3.13. The lowest BCUT2D eigenvalue weighted by Gasteiger charge is -2.11. The summed E-state index contributed by atoms with van der Waals surface area (Å²) in [6.45, 7) is 3.72. The summed E-state index contributed by atoms with van der Waals surface area (Å²) in [5, 5.41) is 0.934. The van der Waals surface area contributed by atoms with E-state index in [0.29, 0.717) is 0 Å². The zero-order valence-electron chi connectivity index (χ0n) is 12.4. The van der Waals surface area contributed by atoms with Crippen LogP contribution < -0.4 is 4.90 Å². The molecule has 3 nitrogen and oxygen atoms in total. The molecular formula is C16H20N2OS. The molecule has 0 atom stereocenters. The van der Waals surface area contributed by atoms with Gasteiger partial charge in [0, 0.05) is 32.3 Å². The summed E-state index contributed by atoms with van der Waals surface area (Å²) in [5.41, 5.74) is 3.17. The molecule has 0 radical (unpaired) electrons. The normalized spacial score (nSPS) is 10.6. The number of hydrogen-bond donors (Lipinski definition) is 0. The van der Waals surface area contributed by atoms with Gasteiger partial charge in [0.2, 0.25) is 0 Å². The van der Waals surface area contributed by atoms with Gasteiger partial charge in [-0.3, -0.25) is 4.79 Å². The van der Waals surface area contributed by atoms with Crippen LogP contribution in [0.25, 0.3) is 10.6 Å². The van der Waals surface area contributed by atoms with Crippen molar-refractivity contribution in [3.8, 4) is 10.6 Å². The molecule has 2 rings (SSSR count). The summed E-state index contributed by atoms with van der Waals surface area (Å²) in [5.74, 6) is 0.113. The van der Waals surface area contributed by atoms with Gasteiger partial charge in [0.25, 0.3) is 0 Å². The van der Waals surface area contributed by atoms with Gasteiger partial charge in [0.1, 0.15) is 5.01 Å². The number of aryl methyl sites for hydroxylation is 1. The Morgan fingerprint density at radius 3 is 2.40 bits per heavy atom. The maximum absolute atomic E-state index is 11.7. The molecular weight excluding hydrogens is 268 g/mol. The molecule has 2 aromatic rings. The van der Waals surface area contributed by atoms with Gasteiger partial charge in [-0.1, -0.05) is 13.3 Å². The van der Waals surface area contributed by atoms with Crippen LogP contribution in [0.3, 0.4) is 0 Å². The van der Waals surface area contributed by atoms with Crippen molar-refractivity contribution in [2.45, 2.75) is 26.7 Å². The van der Waals surface area contributed by atoms with E-state index < -0.39 is 0 Å². The number of rotatable bonds is 5. The van der Waals surface area contributed by atoms with E-state index in [1.165, 1.54) is 11.3 Å². The first-order chi connectivity index (χ1) is 9.52. The Labute approximate surface area is 124 Å². The van der Waals surface area contributed by atoms with Crippen LogP contribution in [-0.4, -0.2) is 24.9 Å². The number of Topliss-reactive ketones (excluding diaryl/α,β-unsaturated/α-hetero) is 1. The maximum Gasteiger partial charge on any atom is 0.171 e. The lowest BCUT2D eigenvalue weighted by Crippen LogP contribution is -2.07. The smallest absolute Gasteiger partial charge is 0.171 e. The first-order valence-electron chi connectivity index (χ1n) is 6.81. The standard InChI is InChI=1S/C16H20N2OS/c1-5-6-14-15(11(2)19)20-16(17-14)12-7-9-13(10-8-12)18(3)4/h7-10H,5-6H2,1-4H3. The third kappa shape index (κ3) is 3.07. The number of carbonyl (C=O) groups is 1. The van der Waals surface area contributed by atoms with Gasteiger partial charge >= 0.3 is 0 Å². The van der Waals surface area contributed by atoms with Crippen molar-refractivity contribution in [2.75, 3.05) is 19.0 Å². The lowest BCUT2D eigenvalue weighted by molar-refractivity contribution is 0.102. The van der Waals surface area contributed by atoms with Gasteiger partial charge in [0.05, 0.1) is 10.6 Å². The second-order valence-electron chi connectivity index (χ2n) is 5.04. The third-order valence-corrected chi connectivity index (χ3v) is 4.38. The van der Waals surface area contributed by atoms with Crippen LogP contribution in [0.5, 0.6) is 0 Å². The minimum absolute atomic E-state index is 0.113. The number of aromatic nitrogens is 1. The molecule has 4 heteroatoms. The summed E-state index contributed by atoms with van der Waals surface area (Å²) in [4.78, 5) is 19.2. The molecule has 0 aliphatic carbocycles. The largest absolute Gasteiger partial charge is 0.378 e. The van der Waals surface area contributed by atoms with Crippen LogP contribution >= 0.6 is 11.3 Å². The van der Waals surface area contributed by atoms with E-state index in [-0.39, 0.29) is 5.78 Å². The van der Waals surface area contributed by atoms with Crippen molar-refractivity contribution >= 4 is 22.8 Å². The molecule has 0 spiro atoms. The molecule has 0 unspecified atom stereocenters. The quantitative estimate of drug-likeness (QED) is 0.779. The molecule has 0 amide bonds. The molecule has 0 saturated carbocycles. The average molecular weight is 288 g/mol. The van der Waals surface area contributed by atoms with Crippen molar-refractivity contribution in [1.29, 1.82) is 0 Å². The van der Waals surface area contributed by atoms with E-state index in [2.05, 4.69) is 41.1 Å². The van der Waals surface area contributed by atoms with E-state index in [1.54, 1.807) is 6.92 Å². The van der Waals surface area contributed by atoms with E-state index in [9.17, 15) is 4.79 Å². The van der Waals surface area contributed by atoms with Gasteiger partial charge < -0.3 is 4.90 Å². The second kappa shape index (κ2) is 6.18. The Morgan fingerprint density at radius 2 is 1.90 bits per heavy atom. The predicted molar refractivity (Wildman–Crippen MR) is 85.9 cm³/mol. The number of anilines is 1. The fourth-order valence-corrected chi connectivity index (χ4v) is 3.07. The maximum atomic E-state index is 11.7. The molecule has 1 aromatic carbocycles. The van der Waals surface area contributed by atoms with Gasteiger partial charge in [-0.25, -0.2) is 4.98 Å². The Balaban J connectivity index is 2.37. The van der Waals surface area contributed by atoms with E-state index >= 15 is 0 Å². The highest BCUT2D eigenvalue weighted by molar-refractivity contribution is 7.17. The summed E-state index contributed by atoms with van der Waals surface area (Å²) < 4.78 is 0. The summed E-state index contributed by atoms with van der Waals surface area (Å²) >= 11 is 1.50. The predicted octanol–water partition coefficient (Wildman–Crippen LogP) is 4.03. The summed E-state index contributed by atoms with van der Waals surface area (Å²) in [6.07, 6.45) is 1.87. The van der Waals surface area contributed by atoms with E-state index in [1.807, 2.05) is 14.1 Å². The van der Waals surface area contributed by atoms with Gasteiger partial charge in [-0.05, 0) is 30.7 Å². The first kappa shape index (κ1) is 14.7. The van der Waals surface area contributed by atoms with E-state index in [0.717, 1.165) is 39.7 Å². The van der Waals surface area contributed by atoms with Gasteiger partial charge in [-0.2, -0.15) is 0 Å². The average Bonchev–Trinajstić information content (AvgIpc) is 2.83. The number of hydrogen-bond acceptors (Lipinski definition) is 4. The van der Waals surface area contributed by atoms with Crippen LogP contribution in [-0.2, 0) is 6.42 Å². The molecule has 1 heterocycles. The highest BCUT2D eigenvalue weighted by Crippen LogP contribution is 2.30. The highest BCUT2D eigenvalue weighted by atomic mass is 32.1. The van der Waals surface area contributed by atoms with Crippen molar-refractivity contribution in [1.82, 2.24) is 4.98 Å². The number of carbonyl (C=O) groups excluding carboxylic acids is 1. The van der Waals surface area contributed by atoms with E-state index in [4.69, 9.17) is 0 Å². The van der Waals surface area contributed by atoms with Crippen molar-refractivity contribution in [3.63, 3.8) is 0 Å². The number of thiazole rings is 1. The van der Waals surface area contributed by atoms with Gasteiger partial charge in [0.15, 0.2) is 5.78 Å². The Kier molecular flexibility index (Phi) is 4.55. The summed E-state index contributed by atoms with van der Waals surface area (Å²) in [6, 6.07) is 8.27. The fraction of sp³-hybridized carbons (Fsp3) is 0.375. The van der Waals surface area contributed by atoms with Crippen LogP contribution in [0.1, 0.15) is 35.6 Å². The number of nitrogens with zero attached hydrogens (tertiary/aromatic N) is 2. The Bertz CT molecular complexity index is 599. The lowest BCUT2D eigenvalue weighted by atomic mass is 10.2. The zero-order chi connectivity index (χ0) is 14.7. The Hall–Kier alpha value is -1.68. The second-order valence-corrected chi connectivity index (χ2v) is 6.04. The molecule has 0 bridgehead atoms. The van der Waals surface area contributed by atoms with Crippen LogP contribution in [0.4, 0.5) is 5.69 Å². The minimum atomic E-state index is 0.113. The number of benzene rings is 1. The van der Waals surface area contributed by atoms with Crippen LogP contribution in [0.15, 0.2) is 24.3 Å². The molecule has 0 saturated heterocycles. The van der Waals surface area contributed by atoms with Crippen LogP contribution in [0.2, 0.25) is 0 Å². The molecule has 106 valence electrons. The Morgan fingerprint density at radius 1 is 1.25 bits per heavy atom. The molecule has 0 aliphatic heterocycles. The SMILES string of the molecule is CCCc1nc(-c2ccc(N(C)C)cc2)sc1C(C)=O. The number of ketones is 1. The van der Waals surface area contributed by atoms with Crippen molar-refractivity contribution in [3.05, 3.63) is 34.8 Å². The molecule has 0 N–H and O–H groups in total. The van der Waals surface area contributed by atoms with Crippen molar-refractivity contribution in [2.24, 2.45) is 0 Å². The monoisotopic (exact) mass is 288 g/mol. The summed E-state index contributed by atoms with van der Waals surface area (Å²) in [7, 11) is 4.04. The highest BCUT2D eigenvalue weighted by Gasteiger charge is 2.15. The van der Waals surface area contributed by atoms with Gasteiger partial charge in [-0.15, -0.1) is 11.3 Å². The molecule has 1 aromatic heterocycles. The van der Waals surface area contributed by atoms with Crippen LogP contribution in [0, 0.1) is 0 Å². The zero-order valence-corrected chi connectivity index (χ0v) is 13.3. The fourth-order valence-electron chi connectivity index (χ4n) is 2.06. The molecule has 0 fully saturated rings. The topological polar surface area (TPSA) is 33.2 Å². The first-order valence-corrected chi connectivity index (χ1v) is 7.63. The van der Waals surface area contributed by atoms with Crippen molar-refractivity contribution < 1.29 is 4.79 Å². The molecule has 0 aliphatic rings.